The molecule has 168 valence electrons. The zero-order valence-electron chi connectivity index (χ0n) is 19.7. The van der Waals surface area contributed by atoms with Gasteiger partial charge in [0.05, 0.1) is 14.2 Å². The maximum atomic E-state index is 15.2. The third kappa shape index (κ3) is 3.45. The van der Waals surface area contributed by atoms with Gasteiger partial charge in [-0.15, -0.1) is 0 Å². The van der Waals surface area contributed by atoms with E-state index in [1.807, 2.05) is 71.0 Å². The summed E-state index contributed by atoms with van der Waals surface area (Å²) < 4.78 is 37.6. The summed E-state index contributed by atoms with van der Waals surface area (Å²) in [7, 11) is 0.0668. The van der Waals surface area contributed by atoms with Crippen molar-refractivity contribution >= 4 is 23.1 Å². The predicted octanol–water partition coefficient (Wildman–Crippen LogP) is 4.61. The lowest BCUT2D eigenvalue weighted by molar-refractivity contribution is 0.173. The van der Waals surface area contributed by atoms with E-state index in [4.69, 9.17) is 18.9 Å². The smallest absolute Gasteiger partial charge is 0.231 e. The highest BCUT2D eigenvalue weighted by atomic mass is 31.2. The highest BCUT2D eigenvalue weighted by Crippen LogP contribution is 2.48. The molecule has 1 heterocycles. The molecule has 0 spiro atoms. The van der Waals surface area contributed by atoms with E-state index >= 15 is 4.57 Å². The molecule has 0 atom stereocenters. The Hall–Kier alpha value is -2.91. The number of benzene rings is 3. The molecular weight excluding hydrogens is 423 g/mol. The number of rotatable bonds is 5. The summed E-state index contributed by atoms with van der Waals surface area (Å²) >= 11 is 0. The van der Waals surface area contributed by atoms with E-state index in [9.17, 15) is 0 Å². The lowest BCUT2D eigenvalue weighted by atomic mass is 10.1. The number of aryl methyl sites for hydroxylation is 5. The van der Waals surface area contributed by atoms with Gasteiger partial charge in [0.2, 0.25) is 6.79 Å². The molecule has 5 nitrogen and oxygen atoms in total. The Morgan fingerprint density at radius 1 is 0.656 bits per heavy atom. The van der Waals surface area contributed by atoms with Crippen molar-refractivity contribution in [3.05, 3.63) is 64.2 Å². The third-order valence-electron chi connectivity index (χ3n) is 6.03. The monoisotopic (exact) mass is 452 g/mol. The summed E-state index contributed by atoms with van der Waals surface area (Å²) in [6.45, 7) is 10.1. The molecule has 0 radical (unpaired) electrons. The van der Waals surface area contributed by atoms with Gasteiger partial charge in [-0.25, -0.2) is 0 Å². The number of ether oxygens (including phenoxy) is 4. The summed E-state index contributed by atoms with van der Waals surface area (Å²) in [4.78, 5) is 0. The molecule has 3 aromatic rings. The van der Waals surface area contributed by atoms with Crippen LogP contribution in [-0.2, 0) is 4.57 Å². The van der Waals surface area contributed by atoms with Crippen LogP contribution in [0.3, 0.4) is 0 Å². The van der Waals surface area contributed by atoms with E-state index in [1.54, 1.807) is 14.2 Å². The molecule has 1 aliphatic rings. The van der Waals surface area contributed by atoms with E-state index in [-0.39, 0.29) is 6.79 Å². The van der Waals surface area contributed by atoms with Crippen LogP contribution >= 0.6 is 7.14 Å². The van der Waals surface area contributed by atoms with Crippen LogP contribution in [0.4, 0.5) is 0 Å². The lowest BCUT2D eigenvalue weighted by Crippen LogP contribution is -2.26. The minimum atomic E-state index is -3.25. The minimum absolute atomic E-state index is 0.172. The first-order valence-corrected chi connectivity index (χ1v) is 12.2. The summed E-state index contributed by atoms with van der Waals surface area (Å²) in [5.74, 6) is 2.96. The van der Waals surface area contributed by atoms with Gasteiger partial charge in [0.25, 0.3) is 0 Å². The van der Waals surface area contributed by atoms with E-state index in [0.29, 0.717) is 16.8 Å². The standard InChI is InChI=1S/C26H29O5P/c1-15-8-20(9-16(2)24(15)28-6)32(27,21-10-17(3)25(29-7)18(4)11-21)22-12-19(5)26-23(13-22)30-14-31-26/h8-13H,14H2,1-7H3. The van der Waals surface area contributed by atoms with Gasteiger partial charge in [-0.2, -0.15) is 0 Å². The molecular formula is C26H29O5P. The topological polar surface area (TPSA) is 54.0 Å². The van der Waals surface area contributed by atoms with Crippen molar-refractivity contribution < 1.29 is 23.5 Å². The normalized spacial score (nSPS) is 12.7. The van der Waals surface area contributed by atoms with Crippen LogP contribution in [0.2, 0.25) is 0 Å². The van der Waals surface area contributed by atoms with Gasteiger partial charge in [0.15, 0.2) is 18.6 Å². The first-order valence-electron chi connectivity index (χ1n) is 10.5. The molecule has 0 N–H and O–H groups in total. The fourth-order valence-electron chi connectivity index (χ4n) is 4.66. The Kier molecular flexibility index (Phi) is 5.72. The number of hydrogen-bond acceptors (Lipinski definition) is 5. The third-order valence-corrected chi connectivity index (χ3v) is 8.99. The zero-order chi connectivity index (χ0) is 23.2. The summed E-state index contributed by atoms with van der Waals surface area (Å²) in [5.41, 5.74) is 4.69. The lowest BCUT2D eigenvalue weighted by Gasteiger charge is -2.24. The molecule has 0 saturated heterocycles. The maximum Gasteiger partial charge on any atom is 0.231 e. The second-order valence-electron chi connectivity index (χ2n) is 8.33. The molecule has 0 saturated carbocycles. The SMILES string of the molecule is COc1c(C)cc(P(=O)(c2cc(C)c(OC)c(C)c2)c2cc(C)c3c(c2)OCO3)cc1C. The summed E-state index contributed by atoms with van der Waals surface area (Å²) in [5, 5.41) is 2.23. The van der Waals surface area contributed by atoms with Crippen molar-refractivity contribution in [1.29, 1.82) is 0 Å². The highest BCUT2D eigenvalue weighted by molar-refractivity contribution is 7.85. The largest absolute Gasteiger partial charge is 0.496 e. The fraction of sp³-hybridized carbons (Fsp3) is 0.308. The molecule has 0 bridgehead atoms. The van der Waals surface area contributed by atoms with E-state index in [0.717, 1.165) is 49.9 Å². The van der Waals surface area contributed by atoms with Crippen molar-refractivity contribution in [3.63, 3.8) is 0 Å². The highest BCUT2D eigenvalue weighted by Gasteiger charge is 2.34. The molecule has 0 fully saturated rings. The Morgan fingerprint density at radius 3 is 1.50 bits per heavy atom. The molecule has 32 heavy (non-hydrogen) atoms. The molecule has 1 aliphatic heterocycles. The van der Waals surface area contributed by atoms with Crippen LogP contribution < -0.4 is 34.9 Å². The summed E-state index contributed by atoms with van der Waals surface area (Å²) in [6, 6.07) is 11.7. The predicted molar refractivity (Wildman–Crippen MR) is 129 cm³/mol. The average Bonchev–Trinajstić information content (AvgIpc) is 3.22. The van der Waals surface area contributed by atoms with Gasteiger partial charge in [-0.3, -0.25) is 0 Å². The quantitative estimate of drug-likeness (QED) is 0.529. The van der Waals surface area contributed by atoms with Gasteiger partial charge < -0.3 is 23.5 Å². The van der Waals surface area contributed by atoms with Crippen molar-refractivity contribution in [3.8, 4) is 23.0 Å². The summed E-state index contributed by atoms with van der Waals surface area (Å²) in [6.07, 6.45) is 0. The van der Waals surface area contributed by atoms with Crippen molar-refractivity contribution in [2.75, 3.05) is 21.0 Å². The number of hydrogen-bond donors (Lipinski definition) is 0. The van der Waals surface area contributed by atoms with Gasteiger partial charge in [-0.05, 0) is 98.8 Å². The van der Waals surface area contributed by atoms with Crippen LogP contribution in [0.15, 0.2) is 36.4 Å². The van der Waals surface area contributed by atoms with Crippen molar-refractivity contribution in [2.24, 2.45) is 0 Å². The Bertz CT molecular complexity index is 1150. The second-order valence-corrected chi connectivity index (χ2v) is 11.1. The zero-order valence-corrected chi connectivity index (χ0v) is 20.6. The number of fused-ring (bicyclic) bond motifs is 1. The molecule has 6 heteroatoms. The Balaban J connectivity index is 2.05. The van der Waals surface area contributed by atoms with Crippen LogP contribution in [-0.4, -0.2) is 21.0 Å². The average molecular weight is 452 g/mol. The van der Waals surface area contributed by atoms with Crippen LogP contribution in [0.25, 0.3) is 0 Å². The molecule has 4 rings (SSSR count). The molecule has 0 amide bonds. The molecule has 0 aromatic heterocycles. The second kappa shape index (κ2) is 8.22. The van der Waals surface area contributed by atoms with Crippen LogP contribution in [0, 0.1) is 34.6 Å². The van der Waals surface area contributed by atoms with Gasteiger partial charge in [0, 0.05) is 15.9 Å². The number of methoxy groups -OCH3 is 2. The molecule has 0 aliphatic carbocycles. The molecule has 3 aromatic carbocycles. The van der Waals surface area contributed by atoms with Crippen molar-refractivity contribution in [2.45, 2.75) is 34.6 Å². The van der Waals surface area contributed by atoms with Gasteiger partial charge >= 0.3 is 0 Å². The first kappa shape index (κ1) is 22.3. The van der Waals surface area contributed by atoms with Crippen LogP contribution in [0.1, 0.15) is 27.8 Å². The first-order chi connectivity index (χ1) is 15.2. The van der Waals surface area contributed by atoms with E-state index in [2.05, 4.69) is 0 Å². The van der Waals surface area contributed by atoms with E-state index in [1.165, 1.54) is 0 Å². The van der Waals surface area contributed by atoms with Gasteiger partial charge in [-0.1, -0.05) is 0 Å². The minimum Gasteiger partial charge on any atom is -0.496 e. The maximum absolute atomic E-state index is 15.2. The van der Waals surface area contributed by atoms with E-state index < -0.39 is 7.14 Å². The Labute approximate surface area is 189 Å². The van der Waals surface area contributed by atoms with Crippen LogP contribution in [0.5, 0.6) is 23.0 Å². The van der Waals surface area contributed by atoms with Gasteiger partial charge in [0.1, 0.15) is 11.5 Å². The fourth-order valence-corrected chi connectivity index (χ4v) is 7.73. The van der Waals surface area contributed by atoms with Crippen molar-refractivity contribution in [1.82, 2.24) is 0 Å². The molecule has 0 unspecified atom stereocenters. The Morgan fingerprint density at radius 2 is 1.06 bits per heavy atom.